The number of methoxy groups -OCH3 is 3. The first-order chi connectivity index (χ1) is 37.5. The van der Waals surface area contributed by atoms with Gasteiger partial charge in [-0.2, -0.15) is 10.2 Å². The van der Waals surface area contributed by atoms with Crippen molar-refractivity contribution < 1.29 is 14.2 Å². The average Bonchev–Trinajstić information content (AvgIpc) is 4.38. The van der Waals surface area contributed by atoms with Crippen LogP contribution in [0.3, 0.4) is 0 Å². The standard InChI is InChI=1S/C56H62N18O3/c1-32(2)50-52-44(68(5)56(65-52)72-30-35(31-72)75-7)24-48(63-50)74-43-23-41(38-27-58-15-11-47(38)77-9)62-51(39(43)29-60-74)34-12-16-70(17-13-34)54-53-45(69(6)55(66-53)71-20-18-67(4)19-21-71)25-49(64-54)73-42-22-40(61-33(3)36(42)28-59-73)37-26-57-14-10-46(37)76-8/h10-11,14-15,22-29,32,34-35H,12-13,16-21,30-31H2,1-9H3. The number of anilines is 3. The number of aryl methyl sites for hydroxylation is 3. The lowest BCUT2D eigenvalue weighted by molar-refractivity contribution is 0.0776. The fraction of sp³-hybridized carbons (Fsp3) is 0.393. The first kappa shape index (κ1) is 48.3. The van der Waals surface area contributed by atoms with Crippen molar-refractivity contribution in [2.75, 3.05) is 95.4 Å². The third-order valence-electron chi connectivity index (χ3n) is 16.0. The van der Waals surface area contributed by atoms with Gasteiger partial charge in [-0.3, -0.25) is 19.9 Å². The zero-order valence-electron chi connectivity index (χ0n) is 45.0. The zero-order valence-corrected chi connectivity index (χ0v) is 45.0. The summed E-state index contributed by atoms with van der Waals surface area (Å²) in [6.07, 6.45) is 12.7. The van der Waals surface area contributed by atoms with Crippen LogP contribution in [0.15, 0.2) is 73.6 Å². The number of rotatable bonds is 12. The summed E-state index contributed by atoms with van der Waals surface area (Å²) in [7, 11) is 11.5. The molecular formula is C56H62N18O3. The van der Waals surface area contributed by atoms with Gasteiger partial charge in [0.05, 0.1) is 88.7 Å². The van der Waals surface area contributed by atoms with E-state index in [1.165, 1.54) is 0 Å². The van der Waals surface area contributed by atoms with Gasteiger partial charge in [-0.1, -0.05) is 13.8 Å². The molecule has 0 N–H and O–H groups in total. The van der Waals surface area contributed by atoms with E-state index in [1.54, 1.807) is 39.9 Å². The van der Waals surface area contributed by atoms with Crippen molar-refractivity contribution in [2.45, 2.75) is 51.6 Å². The van der Waals surface area contributed by atoms with Crippen LogP contribution >= 0.6 is 0 Å². The number of ether oxygens (including phenoxy) is 3. The third-order valence-corrected chi connectivity index (χ3v) is 16.0. The number of hydrogen-bond acceptors (Lipinski definition) is 17. The van der Waals surface area contributed by atoms with E-state index in [0.717, 1.165) is 153 Å². The SMILES string of the molecule is COc1ccncc1-c1cc2c(cnn2-c2cc3c(nc(N4CCN(C)CC4)n3C)c(N3CCC(c4nc(-c5cnccc5OC)cc5c4cnn5-c4cc5c(nc(N6CC(OC)C6)n5C)c(C(C)C)n4)CC3)n2)c(C)n1. The lowest BCUT2D eigenvalue weighted by atomic mass is 9.90. The molecule has 3 aliphatic heterocycles. The monoisotopic (exact) mass is 1030 g/mol. The van der Waals surface area contributed by atoms with Crippen LogP contribution in [0, 0.1) is 6.92 Å². The normalized spacial score (nSPS) is 16.1. The zero-order chi connectivity index (χ0) is 52.8. The summed E-state index contributed by atoms with van der Waals surface area (Å²) in [5.41, 5.74) is 11.3. The van der Waals surface area contributed by atoms with E-state index < -0.39 is 0 Å². The van der Waals surface area contributed by atoms with E-state index in [2.05, 4.69) is 91.9 Å². The molecule has 0 radical (unpaired) electrons. The van der Waals surface area contributed by atoms with Crippen molar-refractivity contribution >= 4 is 61.6 Å². The first-order valence-corrected chi connectivity index (χ1v) is 26.4. The van der Waals surface area contributed by atoms with Crippen LogP contribution in [0.1, 0.15) is 55.6 Å². The van der Waals surface area contributed by atoms with Gasteiger partial charge in [0.1, 0.15) is 22.5 Å². The molecule has 13 rings (SSSR count). The fourth-order valence-electron chi connectivity index (χ4n) is 11.5. The highest BCUT2D eigenvalue weighted by Crippen LogP contribution is 2.41. The Morgan fingerprint density at radius 1 is 0.571 bits per heavy atom. The summed E-state index contributed by atoms with van der Waals surface area (Å²) < 4.78 is 25.6. The molecular weight excluding hydrogens is 973 g/mol. The minimum absolute atomic E-state index is 0.0829. The van der Waals surface area contributed by atoms with Crippen LogP contribution in [0.4, 0.5) is 17.7 Å². The van der Waals surface area contributed by atoms with Gasteiger partial charge in [-0.15, -0.1) is 0 Å². The molecule has 0 saturated carbocycles. The second-order valence-electron chi connectivity index (χ2n) is 20.9. The van der Waals surface area contributed by atoms with Gasteiger partial charge in [0.25, 0.3) is 0 Å². The molecule has 10 aromatic rings. The highest BCUT2D eigenvalue weighted by atomic mass is 16.5. The summed E-state index contributed by atoms with van der Waals surface area (Å²) in [5, 5.41) is 12.0. The highest BCUT2D eigenvalue weighted by molar-refractivity contribution is 5.93. The maximum Gasteiger partial charge on any atom is 0.206 e. The van der Waals surface area contributed by atoms with Gasteiger partial charge in [-0.25, -0.2) is 29.3 Å². The highest BCUT2D eigenvalue weighted by Gasteiger charge is 2.33. The van der Waals surface area contributed by atoms with Crippen LogP contribution in [0.5, 0.6) is 11.5 Å². The number of hydrogen-bond donors (Lipinski definition) is 0. The Labute approximate surface area is 445 Å². The quantitative estimate of drug-likeness (QED) is 0.119. The fourth-order valence-corrected chi connectivity index (χ4v) is 11.5. The van der Waals surface area contributed by atoms with Gasteiger partial charge >= 0.3 is 0 Å². The topological polar surface area (TPSA) is 189 Å². The molecule has 0 aromatic carbocycles. The molecule has 77 heavy (non-hydrogen) atoms. The molecule has 394 valence electrons. The molecule has 0 aliphatic carbocycles. The van der Waals surface area contributed by atoms with Crippen LogP contribution < -0.4 is 24.2 Å². The molecule has 3 aliphatic rings. The van der Waals surface area contributed by atoms with E-state index >= 15 is 0 Å². The Balaban J connectivity index is 0.899. The third kappa shape index (κ3) is 8.12. The smallest absolute Gasteiger partial charge is 0.206 e. The van der Waals surface area contributed by atoms with Gasteiger partial charge < -0.3 is 42.9 Å². The van der Waals surface area contributed by atoms with E-state index in [-0.39, 0.29) is 17.9 Å². The first-order valence-electron chi connectivity index (χ1n) is 26.4. The minimum Gasteiger partial charge on any atom is -0.496 e. The van der Waals surface area contributed by atoms with E-state index in [4.69, 9.17) is 54.3 Å². The number of aromatic nitrogens is 14. The molecule has 0 unspecified atom stereocenters. The number of imidazole rings is 2. The maximum atomic E-state index is 5.92. The van der Waals surface area contributed by atoms with Crippen LogP contribution in [0.2, 0.25) is 0 Å². The van der Waals surface area contributed by atoms with E-state index in [9.17, 15) is 0 Å². The average molecular weight is 1040 g/mol. The second-order valence-corrected chi connectivity index (χ2v) is 20.9. The Morgan fingerprint density at radius 3 is 1.77 bits per heavy atom. The molecule has 0 spiro atoms. The summed E-state index contributed by atoms with van der Waals surface area (Å²) >= 11 is 0. The molecule has 0 atom stereocenters. The van der Waals surface area contributed by atoms with Gasteiger partial charge in [0.15, 0.2) is 17.5 Å². The number of fused-ring (bicyclic) bond motifs is 4. The minimum atomic E-state index is 0.0829. The van der Waals surface area contributed by atoms with Gasteiger partial charge in [0.2, 0.25) is 11.9 Å². The molecule has 21 heteroatoms. The van der Waals surface area contributed by atoms with Gasteiger partial charge in [0, 0.05) is 133 Å². The Kier molecular flexibility index (Phi) is 12.0. The predicted octanol–water partition coefficient (Wildman–Crippen LogP) is 7.26. The van der Waals surface area contributed by atoms with Crippen molar-refractivity contribution in [1.29, 1.82) is 0 Å². The van der Waals surface area contributed by atoms with Crippen molar-refractivity contribution in [3.63, 3.8) is 0 Å². The van der Waals surface area contributed by atoms with Crippen LogP contribution in [0.25, 0.3) is 78.0 Å². The number of nitrogens with zero attached hydrogens (tertiary/aromatic N) is 18. The molecule has 10 aromatic heterocycles. The second kappa shape index (κ2) is 19.1. The largest absolute Gasteiger partial charge is 0.496 e. The van der Waals surface area contributed by atoms with Crippen molar-refractivity contribution in [3.8, 4) is 45.6 Å². The Morgan fingerprint density at radius 2 is 1.14 bits per heavy atom. The molecule has 0 bridgehead atoms. The Bertz CT molecular complexity index is 3890. The number of likely N-dealkylation sites (N-methyl/N-ethyl adjacent to an activating group) is 1. The molecule has 13 heterocycles. The lowest BCUT2D eigenvalue weighted by Crippen LogP contribution is -2.52. The van der Waals surface area contributed by atoms with Crippen LogP contribution in [-0.4, -0.2) is 160 Å². The molecule has 3 fully saturated rings. The summed E-state index contributed by atoms with van der Waals surface area (Å²) in [4.78, 5) is 50.3. The van der Waals surface area contributed by atoms with Gasteiger partial charge in [-0.05, 0) is 57.0 Å². The number of pyridine rings is 6. The number of piperazine rings is 1. The number of piperidine rings is 1. The summed E-state index contributed by atoms with van der Waals surface area (Å²) in [6, 6.07) is 12.1. The molecule has 0 amide bonds. The van der Waals surface area contributed by atoms with E-state index in [1.807, 2.05) is 53.1 Å². The predicted molar refractivity (Wildman–Crippen MR) is 297 cm³/mol. The van der Waals surface area contributed by atoms with Crippen molar-refractivity contribution in [3.05, 3.63) is 90.7 Å². The summed E-state index contributed by atoms with van der Waals surface area (Å²) in [5.74, 6) is 5.64. The summed E-state index contributed by atoms with van der Waals surface area (Å²) in [6.45, 7) is 13.0. The van der Waals surface area contributed by atoms with Crippen LogP contribution in [-0.2, 0) is 18.8 Å². The van der Waals surface area contributed by atoms with Crippen molar-refractivity contribution in [2.24, 2.45) is 14.1 Å². The van der Waals surface area contributed by atoms with E-state index in [0.29, 0.717) is 36.2 Å². The molecule has 3 saturated heterocycles. The molecule has 21 nitrogen and oxygen atoms in total. The maximum absolute atomic E-state index is 5.92. The lowest BCUT2D eigenvalue weighted by Gasteiger charge is -2.38. The van der Waals surface area contributed by atoms with Crippen molar-refractivity contribution in [1.82, 2.24) is 73.5 Å². The Hall–Kier alpha value is -8.30.